The lowest BCUT2D eigenvalue weighted by atomic mass is 10.0. The van der Waals surface area contributed by atoms with Crippen LogP contribution < -0.4 is 4.74 Å². The van der Waals surface area contributed by atoms with Crippen molar-refractivity contribution in [2.24, 2.45) is 0 Å². The Morgan fingerprint density at radius 3 is 2.59 bits per heavy atom. The summed E-state index contributed by atoms with van der Waals surface area (Å²) in [6.07, 6.45) is 0. The van der Waals surface area contributed by atoms with Crippen LogP contribution in [0.5, 0.6) is 5.75 Å². The normalized spacial score (nSPS) is 10.6. The third-order valence-electron chi connectivity index (χ3n) is 2.73. The maximum absolute atomic E-state index is 8.96. The number of rotatable bonds is 3. The Bertz CT molecular complexity index is 531. The van der Waals surface area contributed by atoms with Crippen molar-refractivity contribution in [3.63, 3.8) is 0 Å². The zero-order valence-corrected chi connectivity index (χ0v) is 10.2. The van der Waals surface area contributed by atoms with Crippen LogP contribution in [0.3, 0.4) is 0 Å². The average molecular weight is 233 g/mol. The molecule has 0 amide bonds. The molecule has 17 heavy (non-hydrogen) atoms. The molecule has 0 spiro atoms. The molecule has 0 aliphatic heterocycles. The van der Waals surface area contributed by atoms with Gasteiger partial charge in [-0.05, 0) is 37.1 Å². The van der Waals surface area contributed by atoms with E-state index < -0.39 is 0 Å². The van der Waals surface area contributed by atoms with E-state index in [1.54, 1.807) is 13.2 Å². The van der Waals surface area contributed by atoms with Crippen LogP contribution in [0.2, 0.25) is 0 Å². The largest absolute Gasteiger partial charge is 0.496 e. The Kier molecular flexibility index (Phi) is 3.15. The number of aliphatic hydroxyl groups is 1. The molecule has 1 aromatic heterocycles. The topological polar surface area (TPSA) is 55.5 Å². The number of nitrogens with zero attached hydrogens (tertiary/aromatic N) is 1. The molecule has 0 aliphatic rings. The zero-order chi connectivity index (χ0) is 12.4. The molecule has 0 radical (unpaired) electrons. The van der Waals surface area contributed by atoms with Gasteiger partial charge < -0.3 is 14.4 Å². The van der Waals surface area contributed by atoms with Gasteiger partial charge >= 0.3 is 0 Å². The summed E-state index contributed by atoms with van der Waals surface area (Å²) < 4.78 is 10.5. The molecule has 0 bridgehead atoms. The van der Waals surface area contributed by atoms with Gasteiger partial charge in [0.2, 0.25) is 0 Å². The van der Waals surface area contributed by atoms with Gasteiger partial charge in [-0.15, -0.1) is 0 Å². The predicted octanol–water partition coefficient (Wildman–Crippen LogP) is 2.46. The number of hydrogen-bond donors (Lipinski definition) is 1. The Balaban J connectivity index is 2.48. The maximum atomic E-state index is 8.96. The van der Waals surface area contributed by atoms with E-state index in [1.807, 2.05) is 26.0 Å². The van der Waals surface area contributed by atoms with Crippen molar-refractivity contribution < 1.29 is 14.4 Å². The second-order valence-corrected chi connectivity index (χ2v) is 3.98. The fourth-order valence-corrected chi connectivity index (χ4v) is 1.79. The quantitative estimate of drug-likeness (QED) is 0.884. The smallest absolute Gasteiger partial charge is 0.167 e. The second kappa shape index (κ2) is 4.59. The van der Waals surface area contributed by atoms with Crippen molar-refractivity contribution in [1.82, 2.24) is 5.16 Å². The van der Waals surface area contributed by atoms with E-state index in [1.165, 1.54) is 0 Å². The molecular formula is C13H15NO3. The summed E-state index contributed by atoms with van der Waals surface area (Å²) in [6, 6.07) is 5.70. The van der Waals surface area contributed by atoms with Crippen molar-refractivity contribution in [2.45, 2.75) is 20.5 Å². The SMILES string of the molecule is COc1cc(C)c(-c2cc(CO)no2)cc1C. The van der Waals surface area contributed by atoms with Gasteiger partial charge in [0.25, 0.3) is 0 Å². The highest BCUT2D eigenvalue weighted by Gasteiger charge is 2.11. The van der Waals surface area contributed by atoms with E-state index in [4.69, 9.17) is 14.4 Å². The third kappa shape index (κ3) is 2.17. The molecule has 1 heterocycles. The van der Waals surface area contributed by atoms with Crippen molar-refractivity contribution in [1.29, 1.82) is 0 Å². The lowest BCUT2D eigenvalue weighted by Crippen LogP contribution is -1.90. The Hall–Kier alpha value is -1.81. The molecule has 0 saturated heterocycles. The predicted molar refractivity (Wildman–Crippen MR) is 63.9 cm³/mol. The van der Waals surface area contributed by atoms with Gasteiger partial charge in [0.15, 0.2) is 5.76 Å². The van der Waals surface area contributed by atoms with Crippen LogP contribution in [-0.2, 0) is 6.61 Å². The van der Waals surface area contributed by atoms with Gasteiger partial charge in [-0.2, -0.15) is 0 Å². The Morgan fingerprint density at radius 2 is 2.00 bits per heavy atom. The summed E-state index contributed by atoms with van der Waals surface area (Å²) in [5.74, 6) is 1.52. The highest BCUT2D eigenvalue weighted by atomic mass is 16.5. The van der Waals surface area contributed by atoms with E-state index in [9.17, 15) is 0 Å². The Morgan fingerprint density at radius 1 is 1.24 bits per heavy atom. The van der Waals surface area contributed by atoms with Gasteiger partial charge in [0.1, 0.15) is 11.4 Å². The summed E-state index contributed by atoms with van der Waals surface area (Å²) in [6.45, 7) is 3.85. The number of hydrogen-bond acceptors (Lipinski definition) is 4. The van der Waals surface area contributed by atoms with Gasteiger partial charge in [-0.25, -0.2) is 0 Å². The first-order chi connectivity index (χ1) is 8.15. The molecule has 1 N–H and O–H groups in total. The molecule has 0 atom stereocenters. The fourth-order valence-electron chi connectivity index (χ4n) is 1.79. The number of methoxy groups -OCH3 is 1. The van der Waals surface area contributed by atoms with Crippen molar-refractivity contribution in [3.05, 3.63) is 35.0 Å². The monoisotopic (exact) mass is 233 g/mol. The van der Waals surface area contributed by atoms with Gasteiger partial charge in [0.05, 0.1) is 13.7 Å². The number of aliphatic hydroxyl groups excluding tert-OH is 1. The summed E-state index contributed by atoms with van der Waals surface area (Å²) in [5, 5.41) is 12.7. The highest BCUT2D eigenvalue weighted by molar-refractivity contribution is 5.65. The lowest BCUT2D eigenvalue weighted by Gasteiger charge is -2.08. The molecule has 0 aliphatic carbocycles. The molecule has 0 unspecified atom stereocenters. The van der Waals surface area contributed by atoms with Crippen molar-refractivity contribution in [3.8, 4) is 17.1 Å². The van der Waals surface area contributed by atoms with Crippen LogP contribution in [0.4, 0.5) is 0 Å². The second-order valence-electron chi connectivity index (χ2n) is 3.98. The zero-order valence-electron chi connectivity index (χ0n) is 10.2. The molecule has 90 valence electrons. The number of benzene rings is 1. The summed E-state index contributed by atoms with van der Waals surface area (Å²) in [5.41, 5.74) is 3.59. The van der Waals surface area contributed by atoms with E-state index in [-0.39, 0.29) is 6.61 Å². The molecule has 0 fully saturated rings. The third-order valence-corrected chi connectivity index (χ3v) is 2.73. The van der Waals surface area contributed by atoms with Gasteiger partial charge in [-0.3, -0.25) is 0 Å². The highest BCUT2D eigenvalue weighted by Crippen LogP contribution is 2.30. The molecule has 2 rings (SSSR count). The van der Waals surface area contributed by atoms with Gasteiger partial charge in [0, 0.05) is 11.6 Å². The van der Waals surface area contributed by atoms with Crippen LogP contribution in [0.25, 0.3) is 11.3 Å². The van der Waals surface area contributed by atoms with Crippen LogP contribution in [0.1, 0.15) is 16.8 Å². The number of aryl methyl sites for hydroxylation is 2. The van der Waals surface area contributed by atoms with Crippen LogP contribution >= 0.6 is 0 Å². The first kappa shape index (κ1) is 11.7. The molecule has 0 saturated carbocycles. The van der Waals surface area contributed by atoms with Crippen molar-refractivity contribution >= 4 is 0 Å². The minimum Gasteiger partial charge on any atom is -0.496 e. The number of aromatic nitrogens is 1. The summed E-state index contributed by atoms with van der Waals surface area (Å²) in [4.78, 5) is 0. The van der Waals surface area contributed by atoms with E-state index >= 15 is 0 Å². The van der Waals surface area contributed by atoms with Crippen LogP contribution in [0.15, 0.2) is 22.7 Å². The van der Waals surface area contributed by atoms with Gasteiger partial charge in [-0.1, -0.05) is 5.16 Å². The average Bonchev–Trinajstić information content (AvgIpc) is 2.80. The minimum atomic E-state index is -0.113. The first-order valence-electron chi connectivity index (χ1n) is 5.37. The summed E-state index contributed by atoms with van der Waals surface area (Å²) >= 11 is 0. The molecule has 4 nitrogen and oxygen atoms in total. The minimum absolute atomic E-state index is 0.113. The van der Waals surface area contributed by atoms with Crippen LogP contribution in [-0.4, -0.2) is 17.4 Å². The molecular weight excluding hydrogens is 218 g/mol. The number of ether oxygens (including phenoxy) is 1. The van der Waals surface area contributed by atoms with E-state index in [2.05, 4.69) is 5.16 Å². The molecule has 1 aromatic carbocycles. The molecule has 4 heteroatoms. The van der Waals surface area contributed by atoms with E-state index in [0.29, 0.717) is 11.5 Å². The fraction of sp³-hybridized carbons (Fsp3) is 0.308. The summed E-state index contributed by atoms with van der Waals surface area (Å²) in [7, 11) is 1.65. The Labute approximate surface area is 99.8 Å². The lowest BCUT2D eigenvalue weighted by molar-refractivity contribution is 0.267. The first-order valence-corrected chi connectivity index (χ1v) is 5.37. The molecule has 2 aromatic rings. The van der Waals surface area contributed by atoms with Crippen molar-refractivity contribution in [2.75, 3.05) is 7.11 Å². The standard InChI is InChI=1S/C13H15NO3/c1-8-5-12(16-3)9(2)4-11(8)13-6-10(7-15)14-17-13/h4-6,15H,7H2,1-3H3. The van der Waals surface area contributed by atoms with E-state index in [0.717, 1.165) is 22.4 Å². The maximum Gasteiger partial charge on any atom is 0.167 e. The van der Waals surface area contributed by atoms with Crippen LogP contribution in [0, 0.1) is 13.8 Å².